The number of nitrogens with one attached hydrogen (secondary N) is 1. The lowest BCUT2D eigenvalue weighted by Crippen LogP contribution is -2.06. The number of H-pyrrole nitrogens is 1. The van der Waals surface area contributed by atoms with Crippen LogP contribution in [0.3, 0.4) is 0 Å². The Hall–Kier alpha value is -1.29. The molecule has 0 bridgehead atoms. The molecule has 2 aromatic heterocycles. The molecule has 0 aliphatic rings. The second kappa shape index (κ2) is 4.53. The van der Waals surface area contributed by atoms with Crippen LogP contribution in [0.25, 0.3) is 11.0 Å². The second-order valence-electron chi connectivity index (χ2n) is 5.02. The highest BCUT2D eigenvalue weighted by Crippen LogP contribution is 2.25. The Balaban J connectivity index is 2.26. The molecule has 0 saturated carbocycles. The first-order valence-electron chi connectivity index (χ1n) is 5.62. The van der Waals surface area contributed by atoms with Gasteiger partial charge in [-0.2, -0.15) is 0 Å². The molecule has 0 aliphatic heterocycles. The normalized spacial score (nSPS) is 13.3. The van der Waals surface area contributed by atoms with Gasteiger partial charge in [0.2, 0.25) is 0 Å². The molecular formula is C13H17N3S. The lowest BCUT2D eigenvalue weighted by molar-refractivity contribution is 0.804. The number of aromatic nitrogens is 2. The largest absolute Gasteiger partial charge is 0.346 e. The highest BCUT2D eigenvalue weighted by Gasteiger charge is 2.10. The van der Waals surface area contributed by atoms with Gasteiger partial charge in [-0.15, -0.1) is 0 Å². The molecule has 90 valence electrons. The SMILES string of the molecule is C/C(=N\SC(C)(C)C)c1cnc2[nH]ccc2c1. The lowest BCUT2D eigenvalue weighted by Gasteiger charge is -2.13. The number of aromatic amines is 1. The zero-order valence-corrected chi connectivity index (χ0v) is 11.4. The molecule has 0 aromatic carbocycles. The molecule has 0 amide bonds. The summed E-state index contributed by atoms with van der Waals surface area (Å²) < 4.78 is 4.69. The molecule has 4 heteroatoms. The fraction of sp³-hybridized carbons (Fsp3) is 0.385. The van der Waals surface area contributed by atoms with E-state index in [1.807, 2.05) is 25.4 Å². The van der Waals surface area contributed by atoms with Gasteiger partial charge < -0.3 is 4.98 Å². The van der Waals surface area contributed by atoms with Crippen molar-refractivity contribution in [2.24, 2.45) is 4.40 Å². The Kier molecular flexibility index (Phi) is 3.24. The molecule has 17 heavy (non-hydrogen) atoms. The van der Waals surface area contributed by atoms with E-state index in [9.17, 15) is 0 Å². The van der Waals surface area contributed by atoms with Crippen LogP contribution in [0.4, 0.5) is 0 Å². The molecule has 1 N–H and O–H groups in total. The van der Waals surface area contributed by atoms with Crippen LogP contribution in [0.15, 0.2) is 28.9 Å². The monoisotopic (exact) mass is 247 g/mol. The molecule has 0 atom stereocenters. The van der Waals surface area contributed by atoms with E-state index in [0.29, 0.717) is 0 Å². The van der Waals surface area contributed by atoms with Crippen LogP contribution in [0.5, 0.6) is 0 Å². The Morgan fingerprint density at radius 2 is 2.18 bits per heavy atom. The van der Waals surface area contributed by atoms with Gasteiger partial charge in [-0.25, -0.2) is 9.38 Å². The maximum absolute atomic E-state index is 4.54. The second-order valence-corrected chi connectivity index (χ2v) is 6.61. The molecule has 0 unspecified atom stereocenters. The van der Waals surface area contributed by atoms with Crippen LogP contribution in [-0.2, 0) is 0 Å². The topological polar surface area (TPSA) is 41.0 Å². The Labute approximate surface area is 106 Å². The van der Waals surface area contributed by atoms with Gasteiger partial charge in [0.15, 0.2) is 0 Å². The minimum Gasteiger partial charge on any atom is -0.346 e. The highest BCUT2D eigenvalue weighted by molar-refractivity contribution is 7.99. The minimum absolute atomic E-state index is 0.146. The van der Waals surface area contributed by atoms with Crippen LogP contribution in [0.2, 0.25) is 0 Å². The summed E-state index contributed by atoms with van der Waals surface area (Å²) in [7, 11) is 0. The summed E-state index contributed by atoms with van der Waals surface area (Å²) in [6, 6.07) is 4.14. The Morgan fingerprint density at radius 3 is 2.88 bits per heavy atom. The Morgan fingerprint density at radius 1 is 1.41 bits per heavy atom. The van der Waals surface area contributed by atoms with Crippen LogP contribution in [0.1, 0.15) is 33.3 Å². The molecule has 2 heterocycles. The lowest BCUT2D eigenvalue weighted by atomic mass is 10.2. The number of hydrogen-bond donors (Lipinski definition) is 1. The number of fused-ring (bicyclic) bond motifs is 1. The molecular weight excluding hydrogens is 230 g/mol. The first kappa shape index (κ1) is 12.2. The van der Waals surface area contributed by atoms with Gasteiger partial charge in [-0.1, -0.05) is 0 Å². The van der Waals surface area contributed by atoms with Crippen LogP contribution >= 0.6 is 11.9 Å². The van der Waals surface area contributed by atoms with E-state index in [0.717, 1.165) is 22.3 Å². The van der Waals surface area contributed by atoms with E-state index in [4.69, 9.17) is 0 Å². The average Bonchev–Trinajstić information content (AvgIpc) is 2.71. The van der Waals surface area contributed by atoms with E-state index >= 15 is 0 Å². The standard InChI is InChI=1S/C13H17N3S/c1-9(16-17-13(2,3)4)11-7-10-5-6-14-12(10)15-8-11/h5-8H,1-4H3,(H,14,15)/b16-9+. The predicted octanol–water partition coefficient (Wildman–Crippen LogP) is 3.82. The fourth-order valence-electron chi connectivity index (χ4n) is 1.40. The summed E-state index contributed by atoms with van der Waals surface area (Å²) in [5.74, 6) is 0. The van der Waals surface area contributed by atoms with Crippen LogP contribution in [0, 0.1) is 0 Å². The van der Waals surface area contributed by atoms with E-state index in [-0.39, 0.29) is 4.75 Å². The summed E-state index contributed by atoms with van der Waals surface area (Å²) in [6.07, 6.45) is 3.76. The van der Waals surface area contributed by atoms with Crippen molar-refractivity contribution < 1.29 is 0 Å². The van der Waals surface area contributed by atoms with Crippen molar-refractivity contribution in [3.63, 3.8) is 0 Å². The van der Waals surface area contributed by atoms with Crippen molar-refractivity contribution in [2.45, 2.75) is 32.4 Å². The molecule has 0 radical (unpaired) electrons. The van der Waals surface area contributed by atoms with Crippen LogP contribution in [-0.4, -0.2) is 20.4 Å². The molecule has 2 aromatic rings. The van der Waals surface area contributed by atoms with Gasteiger partial charge in [0, 0.05) is 28.1 Å². The molecule has 0 saturated heterocycles. The molecule has 3 nitrogen and oxygen atoms in total. The van der Waals surface area contributed by atoms with E-state index in [2.05, 4.69) is 41.2 Å². The highest BCUT2D eigenvalue weighted by atomic mass is 32.2. The van der Waals surface area contributed by atoms with Crippen molar-refractivity contribution in [3.05, 3.63) is 30.1 Å². The third-order valence-electron chi connectivity index (χ3n) is 2.27. The third kappa shape index (κ3) is 3.09. The third-order valence-corrected chi connectivity index (χ3v) is 3.19. The molecule has 2 rings (SSSR count). The van der Waals surface area contributed by atoms with Crippen molar-refractivity contribution in [1.82, 2.24) is 9.97 Å². The van der Waals surface area contributed by atoms with Gasteiger partial charge in [0.05, 0.1) is 5.71 Å². The summed E-state index contributed by atoms with van der Waals surface area (Å²) in [6.45, 7) is 8.49. The van der Waals surface area contributed by atoms with Crippen molar-refractivity contribution in [2.75, 3.05) is 0 Å². The van der Waals surface area contributed by atoms with Crippen LogP contribution < -0.4 is 0 Å². The first-order valence-corrected chi connectivity index (χ1v) is 6.39. The predicted molar refractivity (Wildman–Crippen MR) is 75.6 cm³/mol. The van der Waals surface area contributed by atoms with E-state index in [1.165, 1.54) is 0 Å². The number of rotatable bonds is 2. The van der Waals surface area contributed by atoms with Gasteiger partial charge in [0.1, 0.15) is 5.65 Å². The molecule has 0 spiro atoms. The Bertz CT molecular complexity index is 549. The van der Waals surface area contributed by atoms with Crippen molar-refractivity contribution in [1.29, 1.82) is 0 Å². The number of nitrogens with zero attached hydrogens (tertiary/aromatic N) is 2. The summed E-state index contributed by atoms with van der Waals surface area (Å²) in [5, 5.41) is 1.12. The maximum atomic E-state index is 4.54. The van der Waals surface area contributed by atoms with Gasteiger partial charge in [0.25, 0.3) is 0 Å². The van der Waals surface area contributed by atoms with E-state index < -0.39 is 0 Å². The van der Waals surface area contributed by atoms with Crippen molar-refractivity contribution >= 4 is 28.7 Å². The van der Waals surface area contributed by atoms with Gasteiger partial charge >= 0.3 is 0 Å². The van der Waals surface area contributed by atoms with Gasteiger partial charge in [-0.05, 0) is 51.8 Å². The first-order chi connectivity index (χ1) is 7.96. The zero-order chi connectivity index (χ0) is 12.5. The summed E-state index contributed by atoms with van der Waals surface area (Å²) in [5.41, 5.74) is 3.01. The maximum Gasteiger partial charge on any atom is 0.137 e. The summed E-state index contributed by atoms with van der Waals surface area (Å²) in [4.78, 5) is 7.45. The average molecular weight is 247 g/mol. The van der Waals surface area contributed by atoms with E-state index in [1.54, 1.807) is 11.9 Å². The molecule has 0 aliphatic carbocycles. The number of hydrogen-bond acceptors (Lipinski definition) is 3. The summed E-state index contributed by atoms with van der Waals surface area (Å²) >= 11 is 1.60. The number of pyridine rings is 1. The van der Waals surface area contributed by atoms with Crippen molar-refractivity contribution in [3.8, 4) is 0 Å². The molecule has 0 fully saturated rings. The fourth-order valence-corrected chi connectivity index (χ4v) is 1.91. The smallest absolute Gasteiger partial charge is 0.137 e. The zero-order valence-electron chi connectivity index (χ0n) is 10.6. The quantitative estimate of drug-likeness (QED) is 0.647. The van der Waals surface area contributed by atoms with Gasteiger partial charge in [-0.3, -0.25) is 0 Å². The minimum atomic E-state index is 0.146.